The first-order chi connectivity index (χ1) is 8.31. The van der Waals surface area contributed by atoms with Gasteiger partial charge in [-0.05, 0) is 38.9 Å². The molecule has 0 unspecified atom stereocenters. The lowest BCUT2D eigenvalue weighted by Crippen LogP contribution is -2.23. The maximum Gasteiger partial charge on any atom is 0.132 e. The zero-order valence-corrected chi connectivity index (χ0v) is 11.3. The predicted octanol–water partition coefficient (Wildman–Crippen LogP) is 1.05. The normalized spacial score (nSPS) is 10.7. The van der Waals surface area contributed by atoms with E-state index in [1.54, 1.807) is 0 Å². The minimum absolute atomic E-state index is 0.373. The standard InChI is InChI=1S/C13H29N3O/c1-2-13(17)7-6-11-15-9-4-3-5-10-16-12-8-14/h15-16H,2-12,14H2,1H3. The van der Waals surface area contributed by atoms with Gasteiger partial charge < -0.3 is 16.4 Å². The van der Waals surface area contributed by atoms with Crippen LogP contribution in [0.4, 0.5) is 0 Å². The summed E-state index contributed by atoms with van der Waals surface area (Å²) in [6, 6.07) is 0. The molecule has 0 rings (SSSR count). The first-order valence-corrected chi connectivity index (χ1v) is 6.94. The highest BCUT2D eigenvalue weighted by atomic mass is 16.1. The topological polar surface area (TPSA) is 67.2 Å². The van der Waals surface area contributed by atoms with Gasteiger partial charge in [0.25, 0.3) is 0 Å². The summed E-state index contributed by atoms with van der Waals surface area (Å²) in [4.78, 5) is 11.0. The zero-order chi connectivity index (χ0) is 12.8. The average Bonchev–Trinajstić information content (AvgIpc) is 2.35. The summed E-state index contributed by atoms with van der Waals surface area (Å²) >= 11 is 0. The second-order valence-corrected chi connectivity index (χ2v) is 4.35. The highest BCUT2D eigenvalue weighted by molar-refractivity contribution is 5.77. The Morgan fingerprint density at radius 2 is 1.53 bits per heavy atom. The molecule has 0 radical (unpaired) electrons. The second kappa shape index (κ2) is 13.6. The first kappa shape index (κ1) is 16.6. The number of nitrogens with two attached hydrogens (primary N) is 1. The van der Waals surface area contributed by atoms with Gasteiger partial charge in [-0.1, -0.05) is 13.3 Å². The van der Waals surface area contributed by atoms with Crippen molar-refractivity contribution in [2.75, 3.05) is 32.7 Å². The third-order valence-corrected chi connectivity index (χ3v) is 2.73. The monoisotopic (exact) mass is 243 g/mol. The summed E-state index contributed by atoms with van der Waals surface area (Å²) in [5.41, 5.74) is 5.37. The van der Waals surface area contributed by atoms with Crippen LogP contribution in [0, 0.1) is 0 Å². The van der Waals surface area contributed by atoms with Crippen molar-refractivity contribution >= 4 is 5.78 Å². The Morgan fingerprint density at radius 1 is 0.941 bits per heavy atom. The molecule has 0 aliphatic rings. The third kappa shape index (κ3) is 13.5. The lowest BCUT2D eigenvalue weighted by Gasteiger charge is -2.05. The Labute approximate surface area is 106 Å². The highest BCUT2D eigenvalue weighted by Crippen LogP contribution is 1.94. The van der Waals surface area contributed by atoms with Gasteiger partial charge in [0, 0.05) is 25.9 Å². The van der Waals surface area contributed by atoms with Gasteiger partial charge in [0.2, 0.25) is 0 Å². The smallest absolute Gasteiger partial charge is 0.132 e. The van der Waals surface area contributed by atoms with Crippen LogP contribution >= 0.6 is 0 Å². The zero-order valence-electron chi connectivity index (χ0n) is 11.3. The van der Waals surface area contributed by atoms with Gasteiger partial charge in [0.1, 0.15) is 5.78 Å². The van der Waals surface area contributed by atoms with Crippen molar-refractivity contribution in [3.05, 3.63) is 0 Å². The minimum Gasteiger partial charge on any atom is -0.329 e. The van der Waals surface area contributed by atoms with E-state index in [1.807, 2.05) is 6.92 Å². The lowest BCUT2D eigenvalue weighted by atomic mass is 10.2. The number of nitrogens with one attached hydrogen (secondary N) is 2. The van der Waals surface area contributed by atoms with Crippen LogP contribution in [-0.2, 0) is 4.79 Å². The maximum atomic E-state index is 11.0. The number of unbranched alkanes of at least 4 members (excludes halogenated alkanes) is 2. The molecule has 4 heteroatoms. The molecule has 0 aromatic heterocycles. The minimum atomic E-state index is 0.373. The molecule has 0 aliphatic heterocycles. The Bertz CT molecular complexity index is 174. The molecular weight excluding hydrogens is 214 g/mol. The van der Waals surface area contributed by atoms with E-state index in [4.69, 9.17) is 5.73 Å². The number of carbonyl (C=O) groups excluding carboxylic acids is 1. The van der Waals surface area contributed by atoms with Crippen molar-refractivity contribution in [1.29, 1.82) is 0 Å². The maximum absolute atomic E-state index is 11.0. The molecule has 0 amide bonds. The van der Waals surface area contributed by atoms with Crippen LogP contribution in [0.15, 0.2) is 0 Å². The van der Waals surface area contributed by atoms with Crippen LogP contribution in [0.2, 0.25) is 0 Å². The summed E-state index contributed by atoms with van der Waals surface area (Å²) in [5.74, 6) is 0.373. The van der Waals surface area contributed by atoms with E-state index in [0.29, 0.717) is 12.2 Å². The van der Waals surface area contributed by atoms with Crippen molar-refractivity contribution in [1.82, 2.24) is 10.6 Å². The summed E-state index contributed by atoms with van der Waals surface area (Å²) in [6.07, 6.45) is 6.06. The highest BCUT2D eigenvalue weighted by Gasteiger charge is 1.96. The number of carbonyl (C=O) groups is 1. The van der Waals surface area contributed by atoms with Crippen molar-refractivity contribution < 1.29 is 4.79 Å². The molecule has 17 heavy (non-hydrogen) atoms. The fourth-order valence-electron chi connectivity index (χ4n) is 1.62. The van der Waals surface area contributed by atoms with Crippen LogP contribution in [0.1, 0.15) is 45.4 Å². The van der Waals surface area contributed by atoms with Crippen molar-refractivity contribution in [2.45, 2.75) is 45.4 Å². The molecule has 4 nitrogen and oxygen atoms in total. The van der Waals surface area contributed by atoms with E-state index in [1.165, 1.54) is 19.3 Å². The summed E-state index contributed by atoms with van der Waals surface area (Å²) in [7, 11) is 0. The van der Waals surface area contributed by atoms with Crippen molar-refractivity contribution in [3.8, 4) is 0 Å². The van der Waals surface area contributed by atoms with Crippen molar-refractivity contribution in [2.24, 2.45) is 5.73 Å². The summed E-state index contributed by atoms with van der Waals surface area (Å²) < 4.78 is 0. The van der Waals surface area contributed by atoms with Gasteiger partial charge in [-0.15, -0.1) is 0 Å². The molecule has 0 saturated carbocycles. The Balaban J connectivity index is 2.96. The molecular formula is C13H29N3O. The summed E-state index contributed by atoms with van der Waals surface area (Å²) in [6.45, 7) is 6.67. The Hall–Kier alpha value is -0.450. The molecule has 4 N–H and O–H groups in total. The van der Waals surface area contributed by atoms with E-state index in [9.17, 15) is 4.79 Å². The lowest BCUT2D eigenvalue weighted by molar-refractivity contribution is -0.118. The van der Waals surface area contributed by atoms with Gasteiger partial charge in [0.15, 0.2) is 0 Å². The quantitative estimate of drug-likeness (QED) is 0.423. The van der Waals surface area contributed by atoms with E-state index in [-0.39, 0.29) is 0 Å². The third-order valence-electron chi connectivity index (χ3n) is 2.73. The summed E-state index contributed by atoms with van der Waals surface area (Å²) in [5, 5.41) is 6.66. The van der Waals surface area contributed by atoms with Crippen LogP contribution in [0.25, 0.3) is 0 Å². The van der Waals surface area contributed by atoms with Gasteiger partial charge in [-0.2, -0.15) is 0 Å². The molecule has 0 atom stereocenters. The van der Waals surface area contributed by atoms with Gasteiger partial charge in [-0.3, -0.25) is 4.79 Å². The fourth-order valence-corrected chi connectivity index (χ4v) is 1.62. The average molecular weight is 243 g/mol. The molecule has 0 aromatic rings. The molecule has 0 aromatic carbocycles. The number of hydrogen-bond donors (Lipinski definition) is 3. The predicted molar refractivity (Wildman–Crippen MR) is 73.2 cm³/mol. The number of Topliss-reactive ketones (excluding diaryl/α,β-unsaturated/α-hetero) is 1. The van der Waals surface area contributed by atoms with E-state index >= 15 is 0 Å². The fraction of sp³-hybridized carbons (Fsp3) is 0.923. The van der Waals surface area contributed by atoms with Crippen LogP contribution in [0.5, 0.6) is 0 Å². The molecule has 0 saturated heterocycles. The van der Waals surface area contributed by atoms with Gasteiger partial charge >= 0.3 is 0 Å². The SMILES string of the molecule is CCC(=O)CCCNCCCCCNCCN. The Kier molecular flexibility index (Phi) is 13.3. The van der Waals surface area contributed by atoms with E-state index in [2.05, 4.69) is 10.6 Å². The largest absolute Gasteiger partial charge is 0.329 e. The molecule has 0 spiro atoms. The van der Waals surface area contributed by atoms with Crippen LogP contribution in [0.3, 0.4) is 0 Å². The van der Waals surface area contributed by atoms with Crippen LogP contribution < -0.4 is 16.4 Å². The molecule has 0 aliphatic carbocycles. The number of hydrogen-bond acceptors (Lipinski definition) is 4. The van der Waals surface area contributed by atoms with E-state index < -0.39 is 0 Å². The molecule has 0 fully saturated rings. The Morgan fingerprint density at radius 3 is 2.12 bits per heavy atom. The second-order valence-electron chi connectivity index (χ2n) is 4.35. The molecule has 102 valence electrons. The van der Waals surface area contributed by atoms with Crippen molar-refractivity contribution in [3.63, 3.8) is 0 Å². The van der Waals surface area contributed by atoms with E-state index in [0.717, 1.165) is 45.6 Å². The van der Waals surface area contributed by atoms with Gasteiger partial charge in [-0.25, -0.2) is 0 Å². The first-order valence-electron chi connectivity index (χ1n) is 6.94. The van der Waals surface area contributed by atoms with Gasteiger partial charge in [0.05, 0.1) is 0 Å². The number of ketones is 1. The number of rotatable bonds is 13. The molecule has 0 bridgehead atoms. The molecule has 0 heterocycles. The van der Waals surface area contributed by atoms with Crippen LogP contribution in [-0.4, -0.2) is 38.5 Å².